The molecule has 0 atom stereocenters. The first-order chi connectivity index (χ1) is 12.8. The molecule has 0 bridgehead atoms. The molecular formula is C22H16ClN3. The minimum absolute atomic E-state index is 0.667. The van der Waals surface area contributed by atoms with E-state index in [0.29, 0.717) is 5.02 Å². The van der Waals surface area contributed by atoms with Crippen molar-refractivity contribution in [3.63, 3.8) is 0 Å². The van der Waals surface area contributed by atoms with Crippen LogP contribution in [0.25, 0.3) is 10.9 Å². The third kappa shape index (κ3) is 3.44. The van der Waals surface area contributed by atoms with Crippen LogP contribution in [0.3, 0.4) is 0 Å². The van der Waals surface area contributed by atoms with Gasteiger partial charge in [-0.1, -0.05) is 72.3 Å². The first-order valence-corrected chi connectivity index (χ1v) is 8.68. The molecule has 0 radical (unpaired) electrons. The summed E-state index contributed by atoms with van der Waals surface area (Å²) in [6, 6.07) is 27.8. The van der Waals surface area contributed by atoms with Gasteiger partial charge in [0.25, 0.3) is 0 Å². The highest BCUT2D eigenvalue weighted by atomic mass is 35.5. The maximum atomic E-state index is 6.07. The molecule has 4 aromatic rings. The van der Waals surface area contributed by atoms with E-state index in [-0.39, 0.29) is 0 Å². The third-order valence-corrected chi connectivity index (χ3v) is 4.32. The molecule has 3 aromatic carbocycles. The minimum Gasteiger partial charge on any atom is -0.277 e. The van der Waals surface area contributed by atoms with Crippen molar-refractivity contribution in [1.29, 1.82) is 0 Å². The maximum Gasteiger partial charge on any atom is 0.0977 e. The number of benzene rings is 3. The van der Waals surface area contributed by atoms with Gasteiger partial charge in [0, 0.05) is 27.7 Å². The van der Waals surface area contributed by atoms with Crippen LogP contribution in [0.1, 0.15) is 11.1 Å². The number of anilines is 1. The Hall–Kier alpha value is -3.17. The third-order valence-electron chi connectivity index (χ3n) is 4.09. The Morgan fingerprint density at radius 1 is 0.808 bits per heavy atom. The number of hydrogen-bond acceptors (Lipinski definition) is 3. The van der Waals surface area contributed by atoms with Gasteiger partial charge in [-0.15, -0.1) is 0 Å². The molecule has 0 aliphatic rings. The van der Waals surface area contributed by atoms with Crippen LogP contribution in [0.4, 0.5) is 5.69 Å². The zero-order valence-corrected chi connectivity index (χ0v) is 14.7. The SMILES string of the molecule is Clc1ccc2c(NN=C(c3ccccc3)c3ccccc3)ccnc2c1. The average Bonchev–Trinajstić information content (AvgIpc) is 2.69. The largest absolute Gasteiger partial charge is 0.277 e. The molecule has 3 nitrogen and oxygen atoms in total. The number of nitrogens with one attached hydrogen (secondary N) is 1. The van der Waals surface area contributed by atoms with E-state index < -0.39 is 0 Å². The molecule has 26 heavy (non-hydrogen) atoms. The lowest BCUT2D eigenvalue weighted by Crippen LogP contribution is -2.06. The Morgan fingerprint density at radius 3 is 2.12 bits per heavy atom. The number of hydrogen-bond donors (Lipinski definition) is 1. The highest BCUT2D eigenvalue weighted by Crippen LogP contribution is 2.24. The van der Waals surface area contributed by atoms with Crippen molar-refractivity contribution in [1.82, 2.24) is 4.98 Å². The van der Waals surface area contributed by atoms with Crippen LogP contribution in [0, 0.1) is 0 Å². The predicted molar refractivity (Wildman–Crippen MR) is 109 cm³/mol. The van der Waals surface area contributed by atoms with E-state index in [0.717, 1.165) is 33.4 Å². The van der Waals surface area contributed by atoms with Gasteiger partial charge in [-0.25, -0.2) is 0 Å². The van der Waals surface area contributed by atoms with Gasteiger partial charge in [0.2, 0.25) is 0 Å². The second-order valence-corrected chi connectivity index (χ2v) is 6.26. The van der Waals surface area contributed by atoms with Crippen LogP contribution in [0.2, 0.25) is 5.02 Å². The molecule has 0 spiro atoms. The second-order valence-electron chi connectivity index (χ2n) is 5.82. The summed E-state index contributed by atoms with van der Waals surface area (Å²) in [5.41, 5.74) is 7.90. The van der Waals surface area contributed by atoms with E-state index in [2.05, 4.69) is 34.7 Å². The quantitative estimate of drug-likeness (QED) is 0.373. The first-order valence-electron chi connectivity index (χ1n) is 8.30. The number of halogens is 1. The van der Waals surface area contributed by atoms with Crippen LogP contribution in [0.15, 0.2) is 96.2 Å². The van der Waals surface area contributed by atoms with Crippen molar-refractivity contribution >= 4 is 33.9 Å². The van der Waals surface area contributed by atoms with Gasteiger partial charge in [-0.3, -0.25) is 10.4 Å². The molecule has 0 fully saturated rings. The number of hydrazone groups is 1. The molecular weight excluding hydrogens is 342 g/mol. The highest BCUT2D eigenvalue weighted by Gasteiger charge is 2.07. The molecule has 0 saturated heterocycles. The summed E-state index contributed by atoms with van der Waals surface area (Å²) in [6.07, 6.45) is 1.75. The molecule has 126 valence electrons. The zero-order valence-electron chi connectivity index (χ0n) is 13.9. The van der Waals surface area contributed by atoms with Gasteiger partial charge in [0.05, 0.1) is 16.9 Å². The number of nitrogens with zero attached hydrogens (tertiary/aromatic N) is 2. The van der Waals surface area contributed by atoms with Crippen LogP contribution < -0.4 is 5.43 Å². The molecule has 0 aliphatic carbocycles. The molecule has 0 aliphatic heterocycles. The van der Waals surface area contributed by atoms with Crippen molar-refractivity contribution in [2.45, 2.75) is 0 Å². The van der Waals surface area contributed by atoms with Gasteiger partial charge in [-0.05, 0) is 24.3 Å². The molecule has 0 saturated carbocycles. The monoisotopic (exact) mass is 357 g/mol. The fourth-order valence-electron chi connectivity index (χ4n) is 2.82. The van der Waals surface area contributed by atoms with E-state index in [1.54, 1.807) is 6.20 Å². The van der Waals surface area contributed by atoms with Crippen molar-refractivity contribution in [2.24, 2.45) is 5.10 Å². The van der Waals surface area contributed by atoms with Crippen molar-refractivity contribution in [3.8, 4) is 0 Å². The van der Waals surface area contributed by atoms with E-state index in [9.17, 15) is 0 Å². The smallest absolute Gasteiger partial charge is 0.0977 e. The molecule has 0 unspecified atom stereocenters. The Bertz CT molecular complexity index is 1020. The van der Waals surface area contributed by atoms with Crippen molar-refractivity contribution in [3.05, 3.63) is 107 Å². The minimum atomic E-state index is 0.667. The average molecular weight is 358 g/mol. The van der Waals surface area contributed by atoms with Gasteiger partial charge < -0.3 is 0 Å². The summed E-state index contributed by atoms with van der Waals surface area (Å²) >= 11 is 6.07. The maximum absolute atomic E-state index is 6.07. The molecule has 4 heteroatoms. The lowest BCUT2D eigenvalue weighted by molar-refractivity contribution is 1.31. The van der Waals surface area contributed by atoms with E-state index in [4.69, 9.17) is 16.7 Å². The molecule has 1 aromatic heterocycles. The van der Waals surface area contributed by atoms with Crippen LogP contribution in [0.5, 0.6) is 0 Å². The molecule has 0 amide bonds. The fraction of sp³-hybridized carbons (Fsp3) is 0. The summed E-state index contributed by atoms with van der Waals surface area (Å²) in [5.74, 6) is 0. The van der Waals surface area contributed by atoms with Crippen LogP contribution in [-0.4, -0.2) is 10.7 Å². The van der Waals surface area contributed by atoms with E-state index in [1.165, 1.54) is 0 Å². The summed E-state index contributed by atoms with van der Waals surface area (Å²) in [4.78, 5) is 4.37. The number of rotatable bonds is 4. The zero-order chi connectivity index (χ0) is 17.8. The van der Waals surface area contributed by atoms with Gasteiger partial charge >= 0.3 is 0 Å². The Labute approximate surface area is 157 Å². The summed E-state index contributed by atoms with van der Waals surface area (Å²) < 4.78 is 0. The van der Waals surface area contributed by atoms with Crippen LogP contribution in [-0.2, 0) is 0 Å². The standard InChI is InChI=1S/C22H16ClN3/c23-18-11-12-19-20(13-14-24-21(19)15-18)25-26-22(16-7-3-1-4-8-16)17-9-5-2-6-10-17/h1-15H,(H,24,25). The number of pyridine rings is 1. The van der Waals surface area contributed by atoms with Gasteiger partial charge in [0.1, 0.15) is 0 Å². The normalized spacial score (nSPS) is 10.5. The van der Waals surface area contributed by atoms with Crippen LogP contribution >= 0.6 is 11.6 Å². The molecule has 1 N–H and O–H groups in total. The Morgan fingerprint density at radius 2 is 1.46 bits per heavy atom. The van der Waals surface area contributed by atoms with E-state index >= 15 is 0 Å². The van der Waals surface area contributed by atoms with E-state index in [1.807, 2.05) is 60.7 Å². The lowest BCUT2D eigenvalue weighted by atomic mass is 10.0. The summed E-state index contributed by atoms with van der Waals surface area (Å²) in [7, 11) is 0. The highest BCUT2D eigenvalue weighted by molar-refractivity contribution is 6.31. The topological polar surface area (TPSA) is 37.3 Å². The molecule has 1 heterocycles. The fourth-order valence-corrected chi connectivity index (χ4v) is 2.99. The Kier molecular flexibility index (Phi) is 4.63. The first kappa shape index (κ1) is 16.3. The van der Waals surface area contributed by atoms with Crippen molar-refractivity contribution in [2.75, 3.05) is 5.43 Å². The second kappa shape index (κ2) is 7.38. The Balaban J connectivity index is 1.77. The predicted octanol–water partition coefficient (Wildman–Crippen LogP) is 5.75. The lowest BCUT2D eigenvalue weighted by Gasteiger charge is -2.10. The number of aromatic nitrogens is 1. The summed E-state index contributed by atoms with van der Waals surface area (Å²) in [6.45, 7) is 0. The van der Waals surface area contributed by atoms with Gasteiger partial charge in [-0.2, -0.15) is 5.10 Å². The number of fused-ring (bicyclic) bond motifs is 1. The van der Waals surface area contributed by atoms with Crippen molar-refractivity contribution < 1.29 is 0 Å². The molecule has 4 rings (SSSR count). The summed E-state index contributed by atoms with van der Waals surface area (Å²) in [5, 5.41) is 6.35. The van der Waals surface area contributed by atoms with Gasteiger partial charge in [0.15, 0.2) is 0 Å².